The van der Waals surface area contributed by atoms with E-state index < -0.39 is 11.7 Å². The van der Waals surface area contributed by atoms with E-state index in [0.717, 1.165) is 59.9 Å². The molecule has 2 aliphatic rings. The smallest absolute Gasteiger partial charge is 0.416 e. The minimum absolute atomic E-state index is 0.310. The summed E-state index contributed by atoms with van der Waals surface area (Å²) in [5.74, 6) is 1.52. The van der Waals surface area contributed by atoms with Crippen LogP contribution in [0.1, 0.15) is 17.5 Å². The molecule has 7 heteroatoms. The van der Waals surface area contributed by atoms with Crippen molar-refractivity contribution in [3.63, 3.8) is 0 Å². The van der Waals surface area contributed by atoms with Crippen molar-refractivity contribution in [3.8, 4) is 16.9 Å². The molecule has 0 radical (unpaired) electrons. The molecule has 0 aromatic heterocycles. The van der Waals surface area contributed by atoms with Gasteiger partial charge in [-0.2, -0.15) is 13.2 Å². The molecule has 0 bridgehead atoms. The van der Waals surface area contributed by atoms with Crippen molar-refractivity contribution >= 4 is 5.84 Å². The molecule has 2 heterocycles. The Kier molecular flexibility index (Phi) is 4.78. The monoisotopic (exact) mass is 375 g/mol. The maximum Gasteiger partial charge on any atom is 0.416 e. The van der Waals surface area contributed by atoms with Gasteiger partial charge in [-0.05, 0) is 48.4 Å². The van der Waals surface area contributed by atoms with E-state index in [1.807, 2.05) is 18.2 Å². The molecule has 2 N–H and O–H groups in total. The second-order valence-electron chi connectivity index (χ2n) is 6.70. The van der Waals surface area contributed by atoms with Crippen LogP contribution >= 0.6 is 0 Å². The molecule has 1 unspecified atom stereocenters. The van der Waals surface area contributed by atoms with Gasteiger partial charge in [0.15, 0.2) is 0 Å². The maximum atomic E-state index is 12.8. The Morgan fingerprint density at radius 1 is 1.07 bits per heavy atom. The molecule has 0 aliphatic carbocycles. The van der Waals surface area contributed by atoms with Gasteiger partial charge < -0.3 is 15.4 Å². The van der Waals surface area contributed by atoms with E-state index in [2.05, 4.69) is 15.6 Å². The maximum absolute atomic E-state index is 12.8. The Morgan fingerprint density at radius 3 is 2.56 bits per heavy atom. The molecule has 4 nitrogen and oxygen atoms in total. The van der Waals surface area contributed by atoms with Gasteiger partial charge in [0, 0.05) is 12.6 Å². The number of benzene rings is 2. The van der Waals surface area contributed by atoms with Crippen LogP contribution in [-0.2, 0) is 6.18 Å². The molecular formula is C20H20F3N3O. The van der Waals surface area contributed by atoms with Crippen molar-refractivity contribution in [1.29, 1.82) is 0 Å². The zero-order valence-electron chi connectivity index (χ0n) is 14.6. The van der Waals surface area contributed by atoms with Crippen LogP contribution < -0.4 is 15.4 Å². The molecule has 142 valence electrons. The average Bonchev–Trinajstić information content (AvgIpc) is 3.09. The molecular weight excluding hydrogens is 355 g/mol. The van der Waals surface area contributed by atoms with Crippen LogP contribution in [0.15, 0.2) is 47.5 Å². The van der Waals surface area contributed by atoms with E-state index in [1.165, 1.54) is 12.1 Å². The molecule has 1 saturated heterocycles. The summed E-state index contributed by atoms with van der Waals surface area (Å²) < 4.78 is 44.2. The van der Waals surface area contributed by atoms with Crippen LogP contribution in [0, 0.1) is 0 Å². The molecule has 4 rings (SSSR count). The van der Waals surface area contributed by atoms with Crippen molar-refractivity contribution in [2.45, 2.75) is 18.6 Å². The summed E-state index contributed by atoms with van der Waals surface area (Å²) in [7, 11) is 0. The first-order valence-electron chi connectivity index (χ1n) is 8.97. The lowest BCUT2D eigenvalue weighted by molar-refractivity contribution is -0.137. The highest BCUT2D eigenvalue weighted by atomic mass is 19.4. The Balaban J connectivity index is 1.65. The first-order valence-corrected chi connectivity index (χ1v) is 8.97. The number of aliphatic imine (C=N–C) groups is 1. The van der Waals surface area contributed by atoms with E-state index in [9.17, 15) is 13.2 Å². The Bertz CT molecular complexity index is 841. The molecule has 2 aromatic rings. The predicted octanol–water partition coefficient (Wildman–Crippen LogP) is 3.46. The van der Waals surface area contributed by atoms with E-state index in [4.69, 9.17) is 4.74 Å². The van der Waals surface area contributed by atoms with Crippen LogP contribution in [0.2, 0.25) is 0 Å². The Hall–Kier alpha value is -2.54. The summed E-state index contributed by atoms with van der Waals surface area (Å²) in [6.45, 7) is 2.92. The van der Waals surface area contributed by atoms with E-state index in [0.29, 0.717) is 19.2 Å². The predicted molar refractivity (Wildman–Crippen MR) is 98.2 cm³/mol. The van der Waals surface area contributed by atoms with Crippen molar-refractivity contribution in [3.05, 3.63) is 53.6 Å². The SMILES string of the molecule is FC(F)(F)c1ccc(-c2ccc3c(c2)C(NC2CCNC2)=NCCO3)cc1. The number of hydrogen-bond donors (Lipinski definition) is 2. The average molecular weight is 375 g/mol. The summed E-state index contributed by atoms with van der Waals surface area (Å²) in [6, 6.07) is 11.2. The van der Waals surface area contributed by atoms with Crippen LogP contribution in [0.5, 0.6) is 5.75 Å². The number of nitrogens with zero attached hydrogens (tertiary/aromatic N) is 1. The quantitative estimate of drug-likeness (QED) is 0.845. The van der Waals surface area contributed by atoms with Crippen LogP contribution in [0.25, 0.3) is 11.1 Å². The minimum atomic E-state index is -4.33. The van der Waals surface area contributed by atoms with Gasteiger partial charge in [0.25, 0.3) is 0 Å². The van der Waals surface area contributed by atoms with Crippen molar-refractivity contribution < 1.29 is 17.9 Å². The number of fused-ring (bicyclic) bond motifs is 1. The van der Waals surface area contributed by atoms with E-state index in [1.54, 1.807) is 0 Å². The van der Waals surface area contributed by atoms with Gasteiger partial charge in [0.1, 0.15) is 18.2 Å². The van der Waals surface area contributed by atoms with Crippen LogP contribution in [0.3, 0.4) is 0 Å². The Labute approximate surface area is 155 Å². The molecule has 2 aromatic carbocycles. The van der Waals surface area contributed by atoms with Gasteiger partial charge in [-0.15, -0.1) is 0 Å². The fraction of sp³-hybridized carbons (Fsp3) is 0.350. The zero-order valence-corrected chi connectivity index (χ0v) is 14.6. The number of halogens is 3. The normalized spacial score (nSPS) is 19.7. The largest absolute Gasteiger partial charge is 0.491 e. The van der Waals surface area contributed by atoms with Gasteiger partial charge in [-0.25, -0.2) is 0 Å². The van der Waals surface area contributed by atoms with Crippen molar-refractivity contribution in [1.82, 2.24) is 10.6 Å². The lowest BCUT2D eigenvalue weighted by Crippen LogP contribution is -2.36. The van der Waals surface area contributed by atoms with Crippen molar-refractivity contribution in [2.75, 3.05) is 26.2 Å². The molecule has 0 amide bonds. The first kappa shape index (κ1) is 17.9. The highest BCUT2D eigenvalue weighted by Crippen LogP contribution is 2.32. The zero-order chi connectivity index (χ0) is 18.9. The third-order valence-corrected chi connectivity index (χ3v) is 4.80. The Morgan fingerprint density at radius 2 is 1.85 bits per heavy atom. The summed E-state index contributed by atoms with van der Waals surface area (Å²) in [5.41, 5.74) is 1.74. The second kappa shape index (κ2) is 7.23. The number of nitrogens with one attached hydrogen (secondary N) is 2. The number of rotatable bonds is 2. The molecule has 1 fully saturated rings. The number of amidine groups is 1. The van der Waals surface area contributed by atoms with E-state index in [-0.39, 0.29) is 0 Å². The fourth-order valence-corrected chi connectivity index (χ4v) is 3.36. The van der Waals surface area contributed by atoms with Gasteiger partial charge in [-0.1, -0.05) is 18.2 Å². The molecule has 0 saturated carbocycles. The van der Waals surface area contributed by atoms with Gasteiger partial charge in [-0.3, -0.25) is 4.99 Å². The van der Waals surface area contributed by atoms with Gasteiger partial charge >= 0.3 is 6.18 Å². The second-order valence-corrected chi connectivity index (χ2v) is 6.70. The van der Waals surface area contributed by atoms with Crippen LogP contribution in [0.4, 0.5) is 13.2 Å². The van der Waals surface area contributed by atoms with E-state index >= 15 is 0 Å². The minimum Gasteiger partial charge on any atom is -0.491 e. The molecule has 27 heavy (non-hydrogen) atoms. The number of ether oxygens (including phenoxy) is 1. The molecule has 1 atom stereocenters. The lowest BCUT2D eigenvalue weighted by Gasteiger charge is -2.17. The molecule has 0 spiro atoms. The fourth-order valence-electron chi connectivity index (χ4n) is 3.36. The highest BCUT2D eigenvalue weighted by Gasteiger charge is 2.30. The summed E-state index contributed by atoms with van der Waals surface area (Å²) in [5, 5.41) is 6.80. The number of hydrogen-bond acceptors (Lipinski definition) is 4. The lowest BCUT2D eigenvalue weighted by atomic mass is 10.00. The summed E-state index contributed by atoms with van der Waals surface area (Å²) >= 11 is 0. The van der Waals surface area contributed by atoms with Crippen molar-refractivity contribution in [2.24, 2.45) is 4.99 Å². The van der Waals surface area contributed by atoms with Gasteiger partial charge in [0.2, 0.25) is 0 Å². The third kappa shape index (κ3) is 3.93. The third-order valence-electron chi connectivity index (χ3n) is 4.80. The number of alkyl halides is 3. The highest BCUT2D eigenvalue weighted by molar-refractivity contribution is 6.02. The molecule has 2 aliphatic heterocycles. The topological polar surface area (TPSA) is 45.7 Å². The standard InChI is InChI=1S/C20H20F3N3O/c21-20(22,23)15-4-1-13(2-5-15)14-3-6-18-17(11-14)19(25-9-10-27-18)26-16-7-8-24-12-16/h1-6,11,16,24H,7-10,12H2,(H,25,26). The van der Waals surface area contributed by atoms with Crippen LogP contribution in [-0.4, -0.2) is 38.1 Å². The summed E-state index contributed by atoms with van der Waals surface area (Å²) in [6.07, 6.45) is -3.31. The first-order chi connectivity index (χ1) is 13.0. The summed E-state index contributed by atoms with van der Waals surface area (Å²) in [4.78, 5) is 4.61. The van der Waals surface area contributed by atoms with Gasteiger partial charge in [0.05, 0.1) is 17.7 Å².